The SMILES string of the molecule is O=C([O][U])c1ccccc1. The molecule has 10 heavy (non-hydrogen) atoms. The summed E-state index contributed by atoms with van der Waals surface area (Å²) < 4.78 is 4.67. The third-order valence-corrected chi connectivity index (χ3v) is 1.87. The Kier molecular flexibility index (Phi) is 2.98. The second-order valence-corrected chi connectivity index (χ2v) is 2.61. The van der Waals surface area contributed by atoms with Gasteiger partial charge < -0.3 is 0 Å². The quantitative estimate of drug-likeness (QED) is 0.756. The van der Waals surface area contributed by atoms with Crippen LogP contribution >= 0.6 is 0 Å². The minimum atomic E-state index is -0.216. The molecule has 1 aromatic rings. The Labute approximate surface area is 78.6 Å². The maximum absolute atomic E-state index is 10.8. The van der Waals surface area contributed by atoms with Gasteiger partial charge in [0.15, 0.2) is 0 Å². The summed E-state index contributed by atoms with van der Waals surface area (Å²) in [6, 6.07) is 8.98. The molecule has 1 aromatic carbocycles. The second-order valence-electron chi connectivity index (χ2n) is 1.76. The first-order valence-corrected chi connectivity index (χ1v) is 4.47. The molecule has 0 aliphatic rings. The zero-order chi connectivity index (χ0) is 7.40. The van der Waals surface area contributed by atoms with Crippen molar-refractivity contribution >= 4 is 5.97 Å². The van der Waals surface area contributed by atoms with Gasteiger partial charge >= 0.3 is 78.8 Å². The Morgan fingerprint density at radius 1 is 1.30 bits per heavy atom. The summed E-state index contributed by atoms with van der Waals surface area (Å²) in [6.45, 7) is 0. The van der Waals surface area contributed by atoms with E-state index in [0.29, 0.717) is 5.56 Å². The predicted molar refractivity (Wildman–Crippen MR) is 31.9 cm³/mol. The molecule has 0 aromatic heterocycles. The molecule has 0 heterocycles. The van der Waals surface area contributed by atoms with E-state index in [4.69, 9.17) is 0 Å². The number of rotatable bonds is 1. The average molecular weight is 359 g/mol. The molecule has 1 rings (SSSR count). The van der Waals surface area contributed by atoms with Crippen LogP contribution in [0.15, 0.2) is 30.3 Å². The van der Waals surface area contributed by atoms with Crippen molar-refractivity contribution in [1.82, 2.24) is 0 Å². The van der Waals surface area contributed by atoms with Gasteiger partial charge in [0, 0.05) is 0 Å². The van der Waals surface area contributed by atoms with Crippen LogP contribution in [0, 0.1) is 29.9 Å². The summed E-state index contributed by atoms with van der Waals surface area (Å²) in [5.41, 5.74) is 0.630. The van der Waals surface area contributed by atoms with Crippen LogP contribution in [0.2, 0.25) is 0 Å². The van der Waals surface area contributed by atoms with Gasteiger partial charge in [-0.05, 0) is 0 Å². The fourth-order valence-corrected chi connectivity index (χ4v) is 1.12. The van der Waals surface area contributed by atoms with Crippen LogP contribution in [0.25, 0.3) is 0 Å². The van der Waals surface area contributed by atoms with Crippen LogP contribution in [0.5, 0.6) is 0 Å². The van der Waals surface area contributed by atoms with Crippen LogP contribution in [0.4, 0.5) is 0 Å². The van der Waals surface area contributed by atoms with E-state index in [1.54, 1.807) is 12.1 Å². The second kappa shape index (κ2) is 3.80. The Bertz CT molecular complexity index is 220. The van der Waals surface area contributed by atoms with Gasteiger partial charge in [-0.3, -0.25) is 0 Å². The average Bonchev–Trinajstić information content (AvgIpc) is 2.05. The van der Waals surface area contributed by atoms with Gasteiger partial charge in [0.05, 0.1) is 0 Å². The Morgan fingerprint density at radius 3 is 2.40 bits per heavy atom. The van der Waals surface area contributed by atoms with Crippen molar-refractivity contribution in [3.63, 3.8) is 0 Å². The molecule has 0 N–H and O–H groups in total. The van der Waals surface area contributed by atoms with E-state index >= 15 is 0 Å². The van der Waals surface area contributed by atoms with E-state index in [0.717, 1.165) is 0 Å². The van der Waals surface area contributed by atoms with Gasteiger partial charge in [-0.1, -0.05) is 0 Å². The van der Waals surface area contributed by atoms with Crippen LogP contribution in [-0.4, -0.2) is 5.97 Å². The van der Waals surface area contributed by atoms with Crippen molar-refractivity contribution in [3.05, 3.63) is 35.9 Å². The van der Waals surface area contributed by atoms with Crippen LogP contribution in [0.3, 0.4) is 0 Å². The predicted octanol–water partition coefficient (Wildman–Crippen LogP) is 1.31. The van der Waals surface area contributed by atoms with Crippen molar-refractivity contribution in [2.24, 2.45) is 0 Å². The molecule has 0 unspecified atom stereocenters. The fraction of sp³-hybridized carbons (Fsp3) is 0. The topological polar surface area (TPSA) is 26.3 Å². The maximum atomic E-state index is 10.8. The standard InChI is InChI=1S/C7H6O2.U/c8-7(9)6-4-2-1-3-5-6;/h1-5H,(H,8,9);/q;+1/p-1. The minimum absolute atomic E-state index is 0.216. The molecule has 0 saturated heterocycles. The van der Waals surface area contributed by atoms with Gasteiger partial charge in [-0.15, -0.1) is 0 Å². The molecule has 0 amide bonds. The molecular weight excluding hydrogens is 354 g/mol. The van der Waals surface area contributed by atoms with E-state index in [1.165, 1.54) is 0 Å². The normalized spacial score (nSPS) is 9.00. The Hall–Kier alpha value is -0.258. The molecular formula is C7H5O2U. The van der Waals surface area contributed by atoms with Crippen LogP contribution in [-0.2, 0) is 2.24 Å². The van der Waals surface area contributed by atoms with Gasteiger partial charge in [-0.25, -0.2) is 0 Å². The van der Waals surface area contributed by atoms with E-state index in [9.17, 15) is 4.79 Å². The number of carbonyl (C=O) groups is 1. The molecule has 0 radical (unpaired) electrons. The number of benzene rings is 1. The third-order valence-electron chi connectivity index (χ3n) is 1.10. The van der Waals surface area contributed by atoms with Crippen molar-refractivity contribution in [3.8, 4) is 0 Å². The molecule has 0 aliphatic heterocycles. The van der Waals surface area contributed by atoms with Crippen molar-refractivity contribution in [1.29, 1.82) is 0 Å². The molecule has 49 valence electrons. The van der Waals surface area contributed by atoms with Crippen LogP contribution < -0.4 is 0 Å². The summed E-state index contributed by atoms with van der Waals surface area (Å²) in [5, 5.41) is 0. The van der Waals surface area contributed by atoms with Crippen LogP contribution in [0.1, 0.15) is 10.4 Å². The summed E-state index contributed by atoms with van der Waals surface area (Å²) in [5.74, 6) is -0.216. The molecule has 0 aliphatic carbocycles. The fourth-order valence-electron chi connectivity index (χ4n) is 0.633. The monoisotopic (exact) mass is 359 g/mol. The summed E-state index contributed by atoms with van der Waals surface area (Å²) in [4.78, 5) is 10.8. The molecule has 0 fully saturated rings. The Morgan fingerprint density at radius 2 is 1.90 bits per heavy atom. The number of hydrogen-bond donors (Lipinski definition) is 0. The molecule has 0 bridgehead atoms. The van der Waals surface area contributed by atoms with Gasteiger partial charge in [0.2, 0.25) is 0 Å². The van der Waals surface area contributed by atoms with Gasteiger partial charge in [0.1, 0.15) is 0 Å². The first-order valence-electron chi connectivity index (χ1n) is 2.77. The molecule has 0 atom stereocenters. The summed E-state index contributed by atoms with van der Waals surface area (Å²) in [7, 11) is 0. The summed E-state index contributed by atoms with van der Waals surface area (Å²) in [6.07, 6.45) is 0. The van der Waals surface area contributed by atoms with Gasteiger partial charge in [-0.2, -0.15) is 0 Å². The van der Waals surface area contributed by atoms with Gasteiger partial charge in [0.25, 0.3) is 0 Å². The summed E-state index contributed by atoms with van der Waals surface area (Å²) >= 11 is 0.264. The molecule has 2 nitrogen and oxygen atoms in total. The first-order chi connectivity index (χ1) is 4.84. The van der Waals surface area contributed by atoms with E-state index in [1.807, 2.05) is 18.2 Å². The Balaban J connectivity index is 2.85. The van der Waals surface area contributed by atoms with Crippen molar-refractivity contribution < 1.29 is 37.0 Å². The molecule has 0 saturated carbocycles. The molecule has 0 spiro atoms. The number of carbonyl (C=O) groups excluding carboxylic acids is 1. The van der Waals surface area contributed by atoms with E-state index < -0.39 is 0 Å². The molecule has 3 heteroatoms. The van der Waals surface area contributed by atoms with Crippen molar-refractivity contribution in [2.45, 2.75) is 0 Å². The zero-order valence-corrected chi connectivity index (χ0v) is 9.37. The van der Waals surface area contributed by atoms with E-state index in [2.05, 4.69) is 2.24 Å². The van der Waals surface area contributed by atoms with Crippen molar-refractivity contribution in [2.75, 3.05) is 0 Å². The third kappa shape index (κ3) is 1.86. The zero-order valence-electron chi connectivity index (χ0n) is 5.20. The van der Waals surface area contributed by atoms with E-state index in [-0.39, 0.29) is 35.9 Å². The first kappa shape index (κ1) is 7.84. The number of hydrogen-bond acceptors (Lipinski definition) is 2.